The summed E-state index contributed by atoms with van der Waals surface area (Å²) in [5, 5.41) is 0. The van der Waals surface area contributed by atoms with E-state index in [1.807, 2.05) is 18.2 Å². The van der Waals surface area contributed by atoms with E-state index in [0.29, 0.717) is 5.75 Å². The molecule has 0 aliphatic heterocycles. The van der Waals surface area contributed by atoms with Crippen LogP contribution in [-0.4, -0.2) is 12.6 Å². The predicted molar refractivity (Wildman–Crippen MR) is 45.2 cm³/mol. The van der Waals surface area contributed by atoms with Crippen LogP contribution in [0.2, 0.25) is 0 Å². The van der Waals surface area contributed by atoms with Gasteiger partial charge in [-0.1, -0.05) is 18.2 Å². The molecule has 0 fully saturated rings. The third-order valence-electron chi connectivity index (χ3n) is 1.31. The fourth-order valence-corrected chi connectivity index (χ4v) is 0.766. The second-order valence-corrected chi connectivity index (χ2v) is 2.27. The first-order chi connectivity index (χ1) is 5.79. The Morgan fingerprint density at radius 2 is 1.92 bits per heavy atom. The molecule has 1 aromatic rings. The van der Waals surface area contributed by atoms with Crippen LogP contribution in [0.25, 0.3) is 0 Å². The van der Waals surface area contributed by atoms with Crippen LogP contribution >= 0.6 is 0 Å². The van der Waals surface area contributed by atoms with E-state index in [1.165, 1.54) is 0 Å². The molecule has 0 saturated carbocycles. The van der Waals surface area contributed by atoms with Crippen LogP contribution in [0.15, 0.2) is 30.3 Å². The maximum absolute atomic E-state index is 11.7. The van der Waals surface area contributed by atoms with Crippen molar-refractivity contribution in [2.45, 2.75) is 6.42 Å². The van der Waals surface area contributed by atoms with Gasteiger partial charge >= 0.3 is 6.04 Å². The average Bonchev–Trinajstić information content (AvgIpc) is 2.05. The fraction of sp³-hybridized carbons (Fsp3) is 0.222. The van der Waals surface area contributed by atoms with Crippen LogP contribution in [0.4, 0.5) is 9.09 Å². The average molecular weight is 188 g/mol. The Morgan fingerprint density at radius 1 is 1.31 bits per heavy atom. The highest BCUT2D eigenvalue weighted by molar-refractivity contribution is 5.67. The van der Waals surface area contributed by atoms with Crippen molar-refractivity contribution in [3.05, 3.63) is 30.3 Å². The molecule has 1 aromatic carbocycles. The number of para-hydroxylation sites is 1. The van der Waals surface area contributed by atoms with E-state index >= 15 is 0 Å². The molecule has 0 bridgehead atoms. The largest absolute Gasteiger partial charge is 0.493 e. The minimum atomic E-state index is -1.34. The minimum Gasteiger partial charge on any atom is -0.493 e. The molecule has 0 aromatic heterocycles. The van der Waals surface area contributed by atoms with Gasteiger partial charge in [-0.2, -0.15) is 4.39 Å². The van der Waals surface area contributed by atoms with E-state index in [1.54, 1.807) is 12.1 Å². The van der Waals surface area contributed by atoms with Crippen LogP contribution in [0, 0.1) is 0 Å². The lowest BCUT2D eigenvalue weighted by molar-refractivity contribution is -0.129. The smallest absolute Gasteiger partial charge is 0.304 e. The Labute approximate surface area is 74.7 Å². The number of benzene rings is 1. The number of rotatable bonds is 4. The lowest BCUT2D eigenvalue weighted by Crippen LogP contribution is -2.01. The van der Waals surface area contributed by atoms with Crippen molar-refractivity contribution < 1.29 is 18.6 Å². The molecule has 2 nitrogen and oxygen atoms in total. The van der Waals surface area contributed by atoms with Crippen molar-refractivity contribution in [3.8, 4) is 5.75 Å². The molecule has 0 N–H and O–H groups in total. The maximum atomic E-state index is 11.7. The van der Waals surface area contributed by atoms with Gasteiger partial charge in [0.05, 0.1) is 13.0 Å². The molecule has 0 atom stereocenters. The van der Waals surface area contributed by atoms with Gasteiger partial charge in [-0.05, 0) is 12.1 Å². The zero-order valence-corrected chi connectivity index (χ0v) is 6.90. The molecule has 1 rings (SSSR count). The summed E-state index contributed by atoms with van der Waals surface area (Å²) in [5.41, 5.74) is 0. The number of hydrogen-bond donors (Lipinski definition) is 0. The summed E-state index contributed by atoms with van der Waals surface area (Å²) in [6, 6.07) is 7.64. The van der Waals surface area contributed by atoms with Gasteiger partial charge in [0.25, 0.3) is 0 Å². The summed E-state index contributed by atoms with van der Waals surface area (Å²) in [5.74, 6) is 0.652. The first kappa shape index (κ1) is 11.6. The van der Waals surface area contributed by atoms with E-state index in [0.717, 1.165) is 0 Å². The monoisotopic (exact) mass is 188 g/mol. The molecule has 0 aliphatic rings. The Kier molecular flexibility index (Phi) is 5.43. The lowest BCUT2D eigenvalue weighted by atomic mass is 10.3. The van der Waals surface area contributed by atoms with Crippen molar-refractivity contribution >= 4 is 6.04 Å². The summed E-state index contributed by atoms with van der Waals surface area (Å²) in [4.78, 5) is 9.89. The highest BCUT2D eigenvalue weighted by atomic mass is 19.1. The van der Waals surface area contributed by atoms with E-state index in [-0.39, 0.29) is 17.7 Å². The number of halogens is 2. The van der Waals surface area contributed by atoms with E-state index in [4.69, 9.17) is 4.74 Å². The fourth-order valence-electron chi connectivity index (χ4n) is 0.766. The molecule has 0 spiro atoms. The first-order valence-corrected chi connectivity index (χ1v) is 3.65. The molecular weight excluding hydrogens is 178 g/mol. The Morgan fingerprint density at radius 3 is 2.46 bits per heavy atom. The molecular formula is C9H10F2O2. The molecule has 0 amide bonds. The van der Waals surface area contributed by atoms with Crippen LogP contribution in [-0.2, 0) is 4.79 Å². The van der Waals surface area contributed by atoms with Crippen LogP contribution < -0.4 is 4.74 Å². The molecule has 72 valence electrons. The molecule has 0 aliphatic carbocycles. The van der Waals surface area contributed by atoms with Gasteiger partial charge < -0.3 is 4.74 Å². The summed E-state index contributed by atoms with van der Waals surface area (Å²) < 4.78 is 16.7. The van der Waals surface area contributed by atoms with Gasteiger partial charge in [-0.15, -0.1) is 0 Å². The lowest BCUT2D eigenvalue weighted by Gasteiger charge is -2.01. The van der Waals surface area contributed by atoms with Crippen molar-refractivity contribution in [1.29, 1.82) is 0 Å². The van der Waals surface area contributed by atoms with E-state index in [9.17, 15) is 9.18 Å². The molecule has 0 saturated heterocycles. The summed E-state index contributed by atoms with van der Waals surface area (Å²) in [7, 11) is 0. The molecule has 0 unspecified atom stereocenters. The van der Waals surface area contributed by atoms with Crippen molar-refractivity contribution in [1.82, 2.24) is 0 Å². The number of ether oxygens (including phenoxy) is 1. The van der Waals surface area contributed by atoms with Crippen LogP contribution in [0.3, 0.4) is 0 Å². The van der Waals surface area contributed by atoms with Gasteiger partial charge in [-0.25, -0.2) is 0 Å². The van der Waals surface area contributed by atoms with Gasteiger partial charge in [0, 0.05) is 0 Å². The minimum absolute atomic E-state index is 0. The molecule has 4 heteroatoms. The van der Waals surface area contributed by atoms with Crippen molar-refractivity contribution in [2.75, 3.05) is 6.61 Å². The van der Waals surface area contributed by atoms with Crippen molar-refractivity contribution in [3.63, 3.8) is 0 Å². The molecule has 0 radical (unpaired) electrons. The zero-order valence-electron chi connectivity index (χ0n) is 6.90. The third-order valence-corrected chi connectivity index (χ3v) is 1.31. The van der Waals surface area contributed by atoms with E-state index < -0.39 is 6.04 Å². The normalized spacial score (nSPS) is 8.69. The second-order valence-electron chi connectivity index (χ2n) is 2.27. The second kappa shape index (κ2) is 6.11. The van der Waals surface area contributed by atoms with Gasteiger partial charge in [-0.3, -0.25) is 9.50 Å². The number of hydrogen-bond acceptors (Lipinski definition) is 2. The first-order valence-electron chi connectivity index (χ1n) is 3.65. The maximum Gasteiger partial charge on any atom is 0.304 e. The zero-order chi connectivity index (χ0) is 8.81. The predicted octanol–water partition coefficient (Wildman–Crippen LogP) is 2.10. The quantitative estimate of drug-likeness (QED) is 0.676. The summed E-state index contributed by atoms with van der Waals surface area (Å²) >= 11 is 0. The Bertz CT molecular complexity index is 249. The third kappa shape index (κ3) is 4.90. The standard InChI is InChI=1S/C9H9FO2.FH/c10-9(11)6-7-12-8-4-2-1-3-5-8;/h1-5H,6-7H2;1H. The Balaban J connectivity index is 0.00000144. The van der Waals surface area contributed by atoms with Gasteiger partial charge in [0.15, 0.2) is 0 Å². The van der Waals surface area contributed by atoms with Gasteiger partial charge in [0.1, 0.15) is 5.75 Å². The SMILES string of the molecule is F.O=C(F)CCOc1ccccc1. The topological polar surface area (TPSA) is 26.3 Å². The summed E-state index contributed by atoms with van der Waals surface area (Å²) in [6.07, 6.45) is -0.186. The van der Waals surface area contributed by atoms with Crippen LogP contribution in [0.1, 0.15) is 6.42 Å². The van der Waals surface area contributed by atoms with Gasteiger partial charge in [0.2, 0.25) is 0 Å². The van der Waals surface area contributed by atoms with E-state index in [2.05, 4.69) is 0 Å². The molecule has 13 heavy (non-hydrogen) atoms. The highest BCUT2D eigenvalue weighted by Crippen LogP contribution is 2.08. The Hall–Kier alpha value is -1.45. The summed E-state index contributed by atoms with van der Waals surface area (Å²) in [6.45, 7) is 0.0966. The molecule has 0 heterocycles. The van der Waals surface area contributed by atoms with Crippen LogP contribution in [0.5, 0.6) is 5.75 Å². The number of carbonyl (C=O) groups excluding carboxylic acids is 1. The van der Waals surface area contributed by atoms with Crippen molar-refractivity contribution in [2.24, 2.45) is 0 Å². The highest BCUT2D eigenvalue weighted by Gasteiger charge is 1.97. The number of carbonyl (C=O) groups is 1.